The molecule has 0 amide bonds. The van der Waals surface area contributed by atoms with Crippen LogP contribution in [0.4, 0.5) is 0 Å². The predicted octanol–water partition coefficient (Wildman–Crippen LogP) is 5.46. The lowest BCUT2D eigenvalue weighted by atomic mass is 10.0. The Balaban J connectivity index is 2.85. The summed E-state index contributed by atoms with van der Waals surface area (Å²) in [7, 11) is 0. The summed E-state index contributed by atoms with van der Waals surface area (Å²) in [5.41, 5.74) is 0.0984. The molecule has 136 valence electrons. The summed E-state index contributed by atoms with van der Waals surface area (Å²) in [5.74, 6) is 0.527. The van der Waals surface area contributed by atoms with Gasteiger partial charge in [0.05, 0.1) is 25.3 Å². The number of hydrogen-bond acceptors (Lipinski definition) is 4. The monoisotopic (exact) mass is 400 g/mol. The van der Waals surface area contributed by atoms with Crippen LogP contribution >= 0.6 is 22.7 Å². The molecule has 0 aliphatic carbocycles. The minimum atomic E-state index is 0.0492. The number of benzene rings is 1. The molecule has 0 saturated carbocycles. The number of hydrogen-bond donors (Lipinski definition) is 0. The van der Waals surface area contributed by atoms with Gasteiger partial charge in [0.25, 0.3) is 11.4 Å². The maximum absolute atomic E-state index is 9.60. The molecule has 0 N–H and O–H groups in total. The molecule has 0 spiro atoms. The minimum Gasteiger partial charge on any atom is -0.226 e. The number of fused-ring (bicyclic) bond motifs is 2. The smallest absolute Gasteiger partial charge is 0.226 e. The van der Waals surface area contributed by atoms with Gasteiger partial charge in [0.15, 0.2) is 0 Å². The van der Waals surface area contributed by atoms with Crippen molar-refractivity contribution in [3.8, 4) is 12.1 Å². The normalized spacial score (nSPS) is 13.2. The van der Waals surface area contributed by atoms with Gasteiger partial charge in [-0.15, -0.1) is 22.7 Å². The summed E-state index contributed by atoms with van der Waals surface area (Å²) in [4.78, 5) is 9.17. The highest BCUT2D eigenvalue weighted by molar-refractivity contribution is 7.20. The molecule has 0 aliphatic heterocycles. The Labute approximate surface area is 171 Å². The van der Waals surface area contributed by atoms with Crippen LogP contribution in [-0.2, 0) is 0 Å². The lowest BCUT2D eigenvalue weighted by Crippen LogP contribution is -2.14. The lowest BCUT2D eigenvalue weighted by Gasteiger charge is -2.00. The molecular weight excluding hydrogens is 384 g/mol. The van der Waals surface area contributed by atoms with E-state index in [4.69, 9.17) is 13.1 Å². The van der Waals surface area contributed by atoms with Crippen LogP contribution in [0.1, 0.15) is 49.3 Å². The second-order valence-corrected chi connectivity index (χ2v) is 9.15. The van der Waals surface area contributed by atoms with E-state index in [0.29, 0.717) is 10.4 Å². The molecule has 0 fully saturated rings. The maximum atomic E-state index is 9.60. The molecule has 0 atom stereocenters. The third-order valence-electron chi connectivity index (χ3n) is 4.54. The molecule has 4 nitrogen and oxygen atoms in total. The molecule has 0 bridgehead atoms. The Bertz CT molecular complexity index is 1200. The van der Waals surface area contributed by atoms with E-state index in [2.05, 4.69) is 37.4 Å². The molecule has 1 aromatic carbocycles. The van der Waals surface area contributed by atoms with Crippen LogP contribution in [0.2, 0.25) is 0 Å². The van der Waals surface area contributed by atoms with E-state index >= 15 is 0 Å². The Morgan fingerprint density at radius 2 is 1.18 bits per heavy atom. The second-order valence-electron chi connectivity index (χ2n) is 6.99. The van der Waals surface area contributed by atoms with E-state index in [0.717, 1.165) is 29.9 Å². The third kappa shape index (κ3) is 2.94. The SMILES string of the molecule is [C-]#[N+]/C(C#N)=c1/c2cc(C(C)C)sc2/c(=C(\C#N)[N+]#[C-])c2cc(C(C)C)sc12. The van der Waals surface area contributed by atoms with Gasteiger partial charge < -0.3 is 0 Å². The summed E-state index contributed by atoms with van der Waals surface area (Å²) >= 11 is 3.08. The Morgan fingerprint density at radius 1 is 0.821 bits per heavy atom. The number of nitrogens with zero attached hydrogens (tertiary/aromatic N) is 4. The highest BCUT2D eigenvalue weighted by atomic mass is 32.1. The fraction of sp³-hybridized carbons (Fsp3) is 0.273. The van der Waals surface area contributed by atoms with Crippen LogP contribution < -0.4 is 10.4 Å². The van der Waals surface area contributed by atoms with Crippen LogP contribution in [0.25, 0.3) is 41.3 Å². The molecule has 2 heterocycles. The fourth-order valence-corrected chi connectivity index (χ4v) is 5.58. The van der Waals surface area contributed by atoms with Gasteiger partial charge in [0.1, 0.15) is 0 Å². The zero-order chi connectivity index (χ0) is 20.6. The van der Waals surface area contributed by atoms with E-state index < -0.39 is 0 Å². The second kappa shape index (κ2) is 7.46. The summed E-state index contributed by atoms with van der Waals surface area (Å²) in [5, 5.41) is 22.0. The van der Waals surface area contributed by atoms with E-state index in [9.17, 15) is 10.5 Å². The molecular formula is C22H16N4S2. The van der Waals surface area contributed by atoms with Crippen molar-refractivity contribution >= 4 is 54.2 Å². The first kappa shape index (κ1) is 19.6. The first-order valence-corrected chi connectivity index (χ1v) is 10.3. The van der Waals surface area contributed by atoms with Crippen molar-refractivity contribution in [1.82, 2.24) is 0 Å². The quantitative estimate of drug-likeness (QED) is 0.536. The van der Waals surface area contributed by atoms with Crippen LogP contribution in [-0.4, -0.2) is 0 Å². The largest absolute Gasteiger partial charge is 0.271 e. The van der Waals surface area contributed by atoms with E-state index in [1.807, 2.05) is 24.3 Å². The van der Waals surface area contributed by atoms with Crippen molar-refractivity contribution in [3.05, 3.63) is 55.2 Å². The predicted molar refractivity (Wildman–Crippen MR) is 116 cm³/mol. The maximum Gasteiger partial charge on any atom is 0.271 e. The van der Waals surface area contributed by atoms with Gasteiger partial charge in [0.2, 0.25) is 0 Å². The zero-order valence-electron chi connectivity index (χ0n) is 15.9. The number of nitriles is 2. The Kier molecular flexibility index (Phi) is 5.22. The van der Waals surface area contributed by atoms with Gasteiger partial charge in [-0.25, -0.2) is 20.2 Å². The van der Waals surface area contributed by atoms with E-state index in [-0.39, 0.29) is 23.2 Å². The van der Waals surface area contributed by atoms with E-state index in [1.54, 1.807) is 0 Å². The number of rotatable bonds is 2. The van der Waals surface area contributed by atoms with Crippen molar-refractivity contribution in [3.63, 3.8) is 0 Å². The molecule has 0 saturated heterocycles. The van der Waals surface area contributed by atoms with Crippen molar-refractivity contribution in [2.45, 2.75) is 39.5 Å². The van der Waals surface area contributed by atoms with Gasteiger partial charge in [-0.3, -0.25) is 0 Å². The molecule has 6 heteroatoms. The average molecular weight is 401 g/mol. The molecule has 0 unspecified atom stereocenters. The zero-order valence-corrected chi connectivity index (χ0v) is 17.5. The summed E-state index contributed by atoms with van der Waals surface area (Å²) in [6, 6.07) is 8.12. The first-order valence-electron chi connectivity index (χ1n) is 8.70. The molecule has 28 heavy (non-hydrogen) atoms. The van der Waals surface area contributed by atoms with Crippen LogP contribution in [0, 0.1) is 35.8 Å². The minimum absolute atomic E-state index is 0.0492. The highest BCUT2D eigenvalue weighted by Crippen LogP contribution is 2.34. The van der Waals surface area contributed by atoms with Crippen molar-refractivity contribution in [2.24, 2.45) is 0 Å². The van der Waals surface area contributed by atoms with Gasteiger partial charge in [-0.1, -0.05) is 27.7 Å². The lowest BCUT2D eigenvalue weighted by molar-refractivity contribution is 0.890. The molecule has 0 aliphatic rings. The molecule has 2 aromatic heterocycles. The third-order valence-corrected chi connectivity index (χ3v) is 7.45. The summed E-state index contributed by atoms with van der Waals surface area (Å²) in [6.45, 7) is 23.3. The van der Waals surface area contributed by atoms with Gasteiger partial charge in [0, 0.05) is 29.6 Å². The summed E-state index contributed by atoms with van der Waals surface area (Å²) in [6.07, 6.45) is 0. The van der Waals surface area contributed by atoms with Crippen molar-refractivity contribution in [2.75, 3.05) is 0 Å². The average Bonchev–Trinajstić information content (AvgIpc) is 3.29. The molecule has 0 radical (unpaired) electrons. The van der Waals surface area contributed by atoms with Gasteiger partial charge in [-0.2, -0.15) is 0 Å². The van der Waals surface area contributed by atoms with Crippen LogP contribution in [0.15, 0.2) is 12.1 Å². The highest BCUT2D eigenvalue weighted by Gasteiger charge is 2.19. The topological polar surface area (TPSA) is 56.3 Å². The standard InChI is InChI=1S/C22H16N4S2/c1-11(2)17-7-13-19(15(9-23)25-5)22-14(8-18(28-22)12(3)4)20(21(13)27-17)16(10-24)26-6/h7-8,11-12H,1-4H3/b19-15-,20-16+. The first-order chi connectivity index (χ1) is 13.4. The number of thiophene rings is 2. The van der Waals surface area contributed by atoms with Crippen LogP contribution in [0.3, 0.4) is 0 Å². The Hall–Kier alpha value is -3.16. The van der Waals surface area contributed by atoms with Crippen molar-refractivity contribution in [1.29, 1.82) is 10.5 Å². The summed E-state index contributed by atoms with van der Waals surface area (Å²) < 4.78 is 1.62. The molecule has 3 aromatic rings. The van der Waals surface area contributed by atoms with E-state index in [1.165, 1.54) is 22.7 Å². The molecule has 3 rings (SSSR count). The van der Waals surface area contributed by atoms with Gasteiger partial charge in [-0.05, 0) is 34.7 Å². The van der Waals surface area contributed by atoms with Gasteiger partial charge >= 0.3 is 0 Å². The van der Waals surface area contributed by atoms with Crippen LogP contribution in [0.5, 0.6) is 0 Å². The Morgan fingerprint density at radius 3 is 1.43 bits per heavy atom. The van der Waals surface area contributed by atoms with Crippen molar-refractivity contribution < 1.29 is 0 Å². The fourth-order valence-electron chi connectivity index (χ4n) is 3.12.